The number of aromatic nitrogens is 2. The molecule has 0 radical (unpaired) electrons. The van der Waals surface area contributed by atoms with Gasteiger partial charge in [-0.2, -0.15) is 9.78 Å². The van der Waals surface area contributed by atoms with Gasteiger partial charge >= 0.3 is 0 Å². The van der Waals surface area contributed by atoms with Crippen LogP contribution < -0.4 is 10.3 Å². The minimum Gasteiger partial charge on any atom is -0.488 e. The van der Waals surface area contributed by atoms with E-state index in [0.717, 1.165) is 31.3 Å². The number of benzene rings is 3. The van der Waals surface area contributed by atoms with E-state index in [0.29, 0.717) is 33.4 Å². The van der Waals surface area contributed by atoms with Gasteiger partial charge in [-0.25, -0.2) is 4.98 Å². The predicted molar refractivity (Wildman–Crippen MR) is 155 cm³/mol. The fourth-order valence-corrected chi connectivity index (χ4v) is 4.79. The van der Waals surface area contributed by atoms with Gasteiger partial charge in [0.05, 0.1) is 30.7 Å². The Morgan fingerprint density at radius 1 is 1.14 bits per heavy atom. The largest absolute Gasteiger partial charge is 0.488 e. The standard InChI is InChI=1S/C26H21BrCl2IN3O2/c1-3-15(2)25-32-23-8-6-18(27)12-19(23)26(34)33(25)31-13-16-5-9-24(22(30)11-16)35-14-17-4-7-20(28)21(29)10-17/h4-13,15H,3,14H2,1-2H3/t15-/m1/s1. The van der Waals surface area contributed by atoms with E-state index in [1.807, 2.05) is 43.3 Å². The zero-order valence-electron chi connectivity index (χ0n) is 18.9. The second kappa shape index (κ2) is 11.4. The first-order valence-electron chi connectivity index (χ1n) is 10.9. The average molecular weight is 685 g/mol. The predicted octanol–water partition coefficient (Wildman–Crippen LogP) is 8.05. The van der Waals surface area contributed by atoms with Crippen molar-refractivity contribution in [2.75, 3.05) is 0 Å². The summed E-state index contributed by atoms with van der Waals surface area (Å²) in [6, 6.07) is 16.7. The molecule has 1 atom stereocenters. The number of fused-ring (bicyclic) bond motifs is 1. The Hall–Kier alpha value is -1.94. The molecule has 0 unspecified atom stereocenters. The number of rotatable bonds is 7. The highest BCUT2D eigenvalue weighted by molar-refractivity contribution is 14.1. The van der Waals surface area contributed by atoms with Crippen molar-refractivity contribution in [3.05, 3.63) is 100.0 Å². The van der Waals surface area contributed by atoms with Crippen LogP contribution in [0.3, 0.4) is 0 Å². The molecular formula is C26H21BrCl2IN3O2. The number of hydrogen-bond donors (Lipinski definition) is 0. The third-order valence-corrected chi connectivity index (χ3v) is 7.62. The number of hydrogen-bond acceptors (Lipinski definition) is 4. The third-order valence-electron chi connectivity index (χ3n) is 5.54. The molecule has 5 nitrogen and oxygen atoms in total. The summed E-state index contributed by atoms with van der Waals surface area (Å²) in [6.45, 7) is 4.48. The average Bonchev–Trinajstić information content (AvgIpc) is 2.84. The van der Waals surface area contributed by atoms with Gasteiger partial charge in [0.2, 0.25) is 0 Å². The summed E-state index contributed by atoms with van der Waals surface area (Å²) in [4.78, 5) is 18.0. The highest BCUT2D eigenvalue weighted by Crippen LogP contribution is 2.26. The number of halogens is 4. The van der Waals surface area contributed by atoms with E-state index < -0.39 is 0 Å². The van der Waals surface area contributed by atoms with Crippen LogP contribution in [0.25, 0.3) is 10.9 Å². The Morgan fingerprint density at radius 3 is 2.66 bits per heavy atom. The molecule has 0 aliphatic heterocycles. The van der Waals surface area contributed by atoms with E-state index in [2.05, 4.69) is 50.5 Å². The smallest absolute Gasteiger partial charge is 0.282 e. The van der Waals surface area contributed by atoms with Crippen molar-refractivity contribution < 1.29 is 4.74 Å². The second-order valence-electron chi connectivity index (χ2n) is 8.03. The Kier molecular flexibility index (Phi) is 8.52. The lowest BCUT2D eigenvalue weighted by atomic mass is 10.1. The van der Waals surface area contributed by atoms with Crippen LogP contribution >= 0.6 is 61.7 Å². The van der Waals surface area contributed by atoms with Crippen molar-refractivity contribution in [1.82, 2.24) is 9.66 Å². The lowest BCUT2D eigenvalue weighted by Crippen LogP contribution is -2.23. The summed E-state index contributed by atoms with van der Waals surface area (Å²) >= 11 is 17.7. The number of ether oxygens (including phenoxy) is 1. The highest BCUT2D eigenvalue weighted by atomic mass is 127. The molecule has 1 heterocycles. The SMILES string of the molecule is CC[C@@H](C)c1nc2ccc(Br)cc2c(=O)n1N=Cc1ccc(OCc2ccc(Cl)c(Cl)c2)c(I)c1. The van der Waals surface area contributed by atoms with Gasteiger partial charge in [0.15, 0.2) is 0 Å². The van der Waals surface area contributed by atoms with Crippen molar-refractivity contribution in [1.29, 1.82) is 0 Å². The molecule has 0 spiro atoms. The van der Waals surface area contributed by atoms with Crippen LogP contribution in [0.5, 0.6) is 5.75 Å². The molecular weight excluding hydrogens is 664 g/mol. The first-order valence-corrected chi connectivity index (χ1v) is 13.5. The molecule has 0 saturated carbocycles. The molecule has 1 aromatic heterocycles. The number of nitrogens with zero attached hydrogens (tertiary/aromatic N) is 3. The topological polar surface area (TPSA) is 56.5 Å². The van der Waals surface area contributed by atoms with Gasteiger partial charge in [0.1, 0.15) is 18.2 Å². The maximum atomic E-state index is 13.3. The monoisotopic (exact) mass is 683 g/mol. The summed E-state index contributed by atoms with van der Waals surface area (Å²) in [5.74, 6) is 1.45. The van der Waals surface area contributed by atoms with Crippen LogP contribution in [0.4, 0.5) is 0 Å². The van der Waals surface area contributed by atoms with E-state index in [1.54, 1.807) is 24.4 Å². The summed E-state index contributed by atoms with van der Waals surface area (Å²) in [5.41, 5.74) is 2.23. The lowest BCUT2D eigenvalue weighted by molar-refractivity contribution is 0.304. The fraction of sp³-hybridized carbons (Fsp3) is 0.192. The molecule has 0 aliphatic carbocycles. The van der Waals surface area contributed by atoms with Gasteiger partial charge in [-0.3, -0.25) is 4.79 Å². The zero-order valence-corrected chi connectivity index (χ0v) is 24.2. The molecule has 0 N–H and O–H groups in total. The molecule has 4 aromatic rings. The maximum Gasteiger partial charge on any atom is 0.282 e. The molecule has 0 saturated heterocycles. The van der Waals surface area contributed by atoms with Gasteiger partial charge in [0.25, 0.3) is 5.56 Å². The molecule has 0 fully saturated rings. The minimum absolute atomic E-state index is 0.0742. The van der Waals surface area contributed by atoms with Gasteiger partial charge in [0, 0.05) is 10.4 Å². The molecule has 0 amide bonds. The lowest BCUT2D eigenvalue weighted by Gasteiger charge is -2.14. The summed E-state index contributed by atoms with van der Waals surface area (Å²) in [6.07, 6.45) is 2.51. The van der Waals surface area contributed by atoms with Crippen LogP contribution in [-0.4, -0.2) is 15.9 Å². The molecule has 180 valence electrons. The summed E-state index contributed by atoms with van der Waals surface area (Å²) in [7, 11) is 0. The third kappa shape index (κ3) is 6.07. The van der Waals surface area contributed by atoms with Crippen molar-refractivity contribution in [2.45, 2.75) is 32.8 Å². The highest BCUT2D eigenvalue weighted by Gasteiger charge is 2.15. The van der Waals surface area contributed by atoms with Crippen molar-refractivity contribution >= 4 is 78.8 Å². The van der Waals surface area contributed by atoms with Crippen LogP contribution in [0, 0.1) is 3.57 Å². The van der Waals surface area contributed by atoms with E-state index in [9.17, 15) is 4.79 Å². The van der Waals surface area contributed by atoms with Crippen LogP contribution in [0.15, 0.2) is 69.0 Å². The zero-order chi connectivity index (χ0) is 25.1. The van der Waals surface area contributed by atoms with E-state index in [1.165, 1.54) is 4.68 Å². The molecule has 0 bridgehead atoms. The minimum atomic E-state index is -0.195. The van der Waals surface area contributed by atoms with E-state index >= 15 is 0 Å². The summed E-state index contributed by atoms with van der Waals surface area (Å²) in [5, 5.41) is 6.06. The Morgan fingerprint density at radius 2 is 1.94 bits per heavy atom. The fourth-order valence-electron chi connectivity index (χ4n) is 3.41. The Labute approximate surface area is 235 Å². The van der Waals surface area contributed by atoms with Crippen molar-refractivity contribution in [2.24, 2.45) is 5.10 Å². The first kappa shape index (κ1) is 26.1. The van der Waals surface area contributed by atoms with Gasteiger partial charge < -0.3 is 4.74 Å². The Balaban J connectivity index is 1.61. The van der Waals surface area contributed by atoms with Crippen LogP contribution in [0.2, 0.25) is 10.0 Å². The van der Waals surface area contributed by atoms with Crippen molar-refractivity contribution in [3.8, 4) is 5.75 Å². The van der Waals surface area contributed by atoms with Crippen molar-refractivity contribution in [3.63, 3.8) is 0 Å². The second-order valence-corrected chi connectivity index (χ2v) is 10.9. The molecule has 0 aliphatic rings. The maximum absolute atomic E-state index is 13.3. The molecule has 3 aromatic carbocycles. The molecule has 4 rings (SSSR count). The van der Waals surface area contributed by atoms with Gasteiger partial charge in [-0.05, 0) is 88.7 Å². The van der Waals surface area contributed by atoms with E-state index in [-0.39, 0.29) is 11.5 Å². The van der Waals surface area contributed by atoms with Crippen LogP contribution in [0.1, 0.15) is 43.1 Å². The Bertz CT molecular complexity index is 1490. The van der Waals surface area contributed by atoms with Crippen LogP contribution in [-0.2, 0) is 6.61 Å². The molecule has 35 heavy (non-hydrogen) atoms. The summed E-state index contributed by atoms with van der Waals surface area (Å²) < 4.78 is 9.10. The van der Waals surface area contributed by atoms with Gasteiger partial charge in [-0.1, -0.05) is 59.0 Å². The van der Waals surface area contributed by atoms with Gasteiger partial charge in [-0.15, -0.1) is 0 Å². The normalized spacial score (nSPS) is 12.4. The first-order chi connectivity index (χ1) is 16.8. The molecule has 9 heteroatoms. The van der Waals surface area contributed by atoms with E-state index in [4.69, 9.17) is 32.9 Å². The quantitative estimate of drug-likeness (QED) is 0.146.